The van der Waals surface area contributed by atoms with Crippen LogP contribution in [0.25, 0.3) is 0 Å². The number of nitrogens with one attached hydrogen (secondary N) is 1. The highest BCUT2D eigenvalue weighted by Crippen LogP contribution is 2.30. The van der Waals surface area contributed by atoms with Gasteiger partial charge in [-0.05, 0) is 23.8 Å². The van der Waals surface area contributed by atoms with Gasteiger partial charge in [0.2, 0.25) is 5.91 Å². The number of halogens is 1. The number of ether oxygens (including phenoxy) is 2. The summed E-state index contributed by atoms with van der Waals surface area (Å²) in [6, 6.07) is 14.8. The van der Waals surface area contributed by atoms with Gasteiger partial charge < -0.3 is 14.8 Å². The van der Waals surface area contributed by atoms with Crippen LogP contribution in [0, 0.1) is 0 Å². The Labute approximate surface area is 134 Å². The molecule has 2 aromatic rings. The van der Waals surface area contributed by atoms with E-state index in [1.165, 1.54) is 0 Å². The molecular weight excluding hydrogens is 302 g/mol. The lowest BCUT2D eigenvalue weighted by atomic mass is 10.1. The summed E-state index contributed by atoms with van der Waals surface area (Å²) < 4.78 is 11.4. The molecule has 22 heavy (non-hydrogen) atoms. The van der Waals surface area contributed by atoms with Crippen molar-refractivity contribution in [2.24, 2.45) is 0 Å². The van der Waals surface area contributed by atoms with E-state index < -0.39 is 0 Å². The maximum atomic E-state index is 12.0. The molecule has 0 bridgehead atoms. The van der Waals surface area contributed by atoms with Crippen molar-refractivity contribution < 1.29 is 14.3 Å². The fourth-order valence-corrected chi connectivity index (χ4v) is 2.47. The molecule has 0 radical (unpaired) electrons. The van der Waals surface area contributed by atoms with E-state index in [2.05, 4.69) is 5.32 Å². The Morgan fingerprint density at radius 2 is 1.86 bits per heavy atom. The number of carbonyl (C=O) groups excluding carboxylic acids is 1. The Bertz CT molecular complexity index is 674. The van der Waals surface area contributed by atoms with Gasteiger partial charge in [0.1, 0.15) is 12.7 Å². The Morgan fingerprint density at radius 3 is 2.68 bits per heavy atom. The summed E-state index contributed by atoms with van der Waals surface area (Å²) >= 11 is 6.05. The van der Waals surface area contributed by atoms with E-state index in [0.717, 1.165) is 11.3 Å². The molecule has 1 unspecified atom stereocenters. The Kier molecular flexibility index (Phi) is 4.49. The molecular formula is C17H16ClNO3. The zero-order chi connectivity index (χ0) is 15.4. The molecule has 1 N–H and O–H groups in total. The van der Waals surface area contributed by atoms with Crippen LogP contribution >= 0.6 is 11.6 Å². The van der Waals surface area contributed by atoms with E-state index in [4.69, 9.17) is 21.1 Å². The third-order valence-electron chi connectivity index (χ3n) is 3.40. The van der Waals surface area contributed by atoms with Gasteiger partial charge in [0.05, 0.1) is 13.0 Å². The van der Waals surface area contributed by atoms with Crippen molar-refractivity contribution >= 4 is 17.5 Å². The maximum absolute atomic E-state index is 12.0. The predicted molar refractivity (Wildman–Crippen MR) is 84.5 cm³/mol. The topological polar surface area (TPSA) is 47.6 Å². The number of benzene rings is 2. The number of para-hydroxylation sites is 2. The highest BCUT2D eigenvalue weighted by molar-refractivity contribution is 6.31. The Morgan fingerprint density at radius 1 is 1.14 bits per heavy atom. The molecule has 0 aliphatic carbocycles. The third-order valence-corrected chi connectivity index (χ3v) is 3.77. The fourth-order valence-electron chi connectivity index (χ4n) is 2.27. The van der Waals surface area contributed by atoms with Gasteiger partial charge in [-0.1, -0.05) is 41.9 Å². The van der Waals surface area contributed by atoms with Crippen LogP contribution in [0.2, 0.25) is 5.02 Å². The SMILES string of the molecule is O=C(Cc1ccccc1Cl)NCC1COc2ccccc2O1. The minimum absolute atomic E-state index is 0.0874. The van der Waals surface area contributed by atoms with Gasteiger partial charge in [-0.25, -0.2) is 0 Å². The lowest BCUT2D eigenvalue weighted by Gasteiger charge is -2.26. The smallest absolute Gasteiger partial charge is 0.224 e. The maximum Gasteiger partial charge on any atom is 0.224 e. The molecule has 114 valence electrons. The first-order chi connectivity index (χ1) is 10.7. The molecule has 5 heteroatoms. The lowest BCUT2D eigenvalue weighted by molar-refractivity contribution is -0.120. The second-order valence-electron chi connectivity index (χ2n) is 5.07. The molecule has 1 aliphatic heterocycles. The Hall–Kier alpha value is -2.20. The van der Waals surface area contributed by atoms with Crippen LogP contribution < -0.4 is 14.8 Å². The Balaban J connectivity index is 1.51. The molecule has 1 aliphatic rings. The van der Waals surface area contributed by atoms with Crippen molar-refractivity contribution in [1.82, 2.24) is 5.32 Å². The molecule has 3 rings (SSSR count). The quantitative estimate of drug-likeness (QED) is 0.943. The fraction of sp³-hybridized carbons (Fsp3) is 0.235. The number of amides is 1. The lowest BCUT2D eigenvalue weighted by Crippen LogP contribution is -2.41. The standard InChI is InChI=1S/C17H16ClNO3/c18-14-6-2-1-5-12(14)9-17(20)19-10-13-11-21-15-7-3-4-8-16(15)22-13/h1-8,13H,9-11H2,(H,19,20). The number of carbonyl (C=O) groups is 1. The summed E-state index contributed by atoms with van der Waals surface area (Å²) in [7, 11) is 0. The van der Waals surface area contributed by atoms with Crippen LogP contribution in [0.15, 0.2) is 48.5 Å². The number of hydrogen-bond donors (Lipinski definition) is 1. The van der Waals surface area contributed by atoms with E-state index >= 15 is 0 Å². The van der Waals surface area contributed by atoms with Crippen molar-refractivity contribution in [2.75, 3.05) is 13.2 Å². The first-order valence-corrected chi connectivity index (χ1v) is 7.49. The first-order valence-electron chi connectivity index (χ1n) is 7.11. The molecule has 0 saturated carbocycles. The van der Waals surface area contributed by atoms with E-state index in [1.54, 1.807) is 6.07 Å². The highest BCUT2D eigenvalue weighted by Gasteiger charge is 2.21. The van der Waals surface area contributed by atoms with Crippen LogP contribution in [0.3, 0.4) is 0 Å². The van der Waals surface area contributed by atoms with E-state index in [1.807, 2.05) is 42.5 Å². The average molecular weight is 318 g/mol. The summed E-state index contributed by atoms with van der Waals surface area (Å²) in [4.78, 5) is 12.0. The van der Waals surface area contributed by atoms with Gasteiger partial charge in [-0.3, -0.25) is 4.79 Å². The van der Waals surface area contributed by atoms with Crippen LogP contribution in [0.5, 0.6) is 11.5 Å². The molecule has 4 nitrogen and oxygen atoms in total. The van der Waals surface area contributed by atoms with Crippen molar-refractivity contribution in [3.8, 4) is 11.5 Å². The summed E-state index contributed by atoms with van der Waals surface area (Å²) in [5.41, 5.74) is 0.813. The van der Waals surface area contributed by atoms with Gasteiger partial charge in [0, 0.05) is 5.02 Å². The van der Waals surface area contributed by atoms with Crippen molar-refractivity contribution in [2.45, 2.75) is 12.5 Å². The molecule has 0 aromatic heterocycles. The number of hydrogen-bond acceptors (Lipinski definition) is 3. The second-order valence-corrected chi connectivity index (χ2v) is 5.48. The van der Waals surface area contributed by atoms with Gasteiger partial charge in [-0.15, -0.1) is 0 Å². The van der Waals surface area contributed by atoms with Crippen molar-refractivity contribution in [3.05, 3.63) is 59.1 Å². The summed E-state index contributed by atoms with van der Waals surface area (Å²) in [6.45, 7) is 0.820. The summed E-state index contributed by atoms with van der Waals surface area (Å²) in [5.74, 6) is 1.36. The van der Waals surface area contributed by atoms with Crippen LogP contribution in [-0.2, 0) is 11.2 Å². The first kappa shape index (κ1) is 14.7. The minimum atomic E-state index is -0.190. The summed E-state index contributed by atoms with van der Waals surface area (Å²) in [6.07, 6.45) is 0.0641. The normalized spacial score (nSPS) is 16.1. The van der Waals surface area contributed by atoms with Crippen LogP contribution in [0.1, 0.15) is 5.56 Å². The third kappa shape index (κ3) is 3.52. The largest absolute Gasteiger partial charge is 0.486 e. The van der Waals surface area contributed by atoms with E-state index in [9.17, 15) is 4.79 Å². The van der Waals surface area contributed by atoms with Gasteiger partial charge in [0.25, 0.3) is 0 Å². The van der Waals surface area contributed by atoms with E-state index in [0.29, 0.717) is 23.9 Å². The van der Waals surface area contributed by atoms with Gasteiger partial charge in [0.15, 0.2) is 11.5 Å². The predicted octanol–water partition coefficient (Wildman–Crippen LogP) is 2.84. The summed E-state index contributed by atoms with van der Waals surface area (Å²) in [5, 5.41) is 3.46. The van der Waals surface area contributed by atoms with Crippen molar-refractivity contribution in [1.29, 1.82) is 0 Å². The monoisotopic (exact) mass is 317 g/mol. The highest BCUT2D eigenvalue weighted by atomic mass is 35.5. The zero-order valence-electron chi connectivity index (χ0n) is 11.9. The minimum Gasteiger partial charge on any atom is -0.486 e. The molecule has 1 atom stereocenters. The molecule has 1 amide bonds. The molecule has 0 fully saturated rings. The number of rotatable bonds is 4. The van der Waals surface area contributed by atoms with Crippen molar-refractivity contribution in [3.63, 3.8) is 0 Å². The average Bonchev–Trinajstić information content (AvgIpc) is 2.55. The molecule has 0 saturated heterocycles. The molecule has 1 heterocycles. The van der Waals surface area contributed by atoms with E-state index in [-0.39, 0.29) is 18.4 Å². The molecule has 2 aromatic carbocycles. The van der Waals surface area contributed by atoms with Gasteiger partial charge in [-0.2, -0.15) is 0 Å². The molecule has 0 spiro atoms. The zero-order valence-corrected chi connectivity index (χ0v) is 12.7. The van der Waals surface area contributed by atoms with Crippen LogP contribution in [0.4, 0.5) is 0 Å². The number of fused-ring (bicyclic) bond motifs is 1. The second kappa shape index (κ2) is 6.71. The van der Waals surface area contributed by atoms with Gasteiger partial charge >= 0.3 is 0 Å². The van der Waals surface area contributed by atoms with Crippen LogP contribution in [-0.4, -0.2) is 25.2 Å².